The monoisotopic (exact) mass is 290 g/mol. The van der Waals surface area contributed by atoms with Crippen molar-refractivity contribution in [1.29, 1.82) is 0 Å². The molecule has 0 heterocycles. The maximum Gasteiger partial charge on any atom is 0.261 e. The number of nitrogens with one attached hydrogen (secondary N) is 1. The largest absolute Gasteiger partial charge is 0.493 e. The number of hydrazine groups is 1. The first-order valence-electron chi connectivity index (χ1n) is 6.16. The second-order valence-corrected chi connectivity index (χ2v) is 4.09. The van der Waals surface area contributed by atoms with E-state index < -0.39 is 13.0 Å². The Bertz CT molecular complexity index is 405. The number of alkyl halides is 2. The number of benzene rings is 1. The molecular weight excluding hydrogens is 270 g/mol. The van der Waals surface area contributed by atoms with Gasteiger partial charge in [0.25, 0.3) is 6.43 Å². The van der Waals surface area contributed by atoms with Crippen molar-refractivity contribution in [3.05, 3.63) is 23.8 Å². The van der Waals surface area contributed by atoms with Crippen LogP contribution < -0.4 is 20.7 Å². The standard InChI is InChI=1S/C13H20F2N2O3/c1-18-11-4-3-9(7-12(11)19-2)10(17-16)5-6-20-8-13(14)15/h3-4,7,10,13,17H,5-6,8,16H2,1-2H3. The van der Waals surface area contributed by atoms with Crippen LogP contribution in [0.1, 0.15) is 18.0 Å². The fraction of sp³-hybridized carbons (Fsp3) is 0.538. The molecule has 0 amide bonds. The number of hydrogen-bond acceptors (Lipinski definition) is 5. The van der Waals surface area contributed by atoms with Gasteiger partial charge in [-0.1, -0.05) is 6.07 Å². The first kappa shape index (κ1) is 16.6. The fourth-order valence-corrected chi connectivity index (χ4v) is 1.79. The van der Waals surface area contributed by atoms with Gasteiger partial charge in [-0.05, 0) is 24.1 Å². The van der Waals surface area contributed by atoms with E-state index in [0.717, 1.165) is 5.56 Å². The summed E-state index contributed by atoms with van der Waals surface area (Å²) in [6.07, 6.45) is -1.99. The van der Waals surface area contributed by atoms with Crippen molar-refractivity contribution >= 4 is 0 Å². The van der Waals surface area contributed by atoms with Crippen molar-refractivity contribution in [3.8, 4) is 11.5 Å². The zero-order valence-corrected chi connectivity index (χ0v) is 11.6. The minimum Gasteiger partial charge on any atom is -0.493 e. The van der Waals surface area contributed by atoms with E-state index in [1.165, 1.54) is 7.11 Å². The number of rotatable bonds is 9. The number of ether oxygens (including phenoxy) is 3. The SMILES string of the molecule is COc1ccc(C(CCOCC(F)F)NN)cc1OC. The minimum atomic E-state index is -2.46. The van der Waals surface area contributed by atoms with Gasteiger partial charge in [0.05, 0.1) is 14.2 Å². The predicted molar refractivity (Wildman–Crippen MR) is 71.1 cm³/mol. The molecule has 1 aromatic carbocycles. The Balaban J connectivity index is 2.64. The van der Waals surface area contributed by atoms with E-state index in [-0.39, 0.29) is 12.6 Å². The molecule has 0 aromatic heterocycles. The highest BCUT2D eigenvalue weighted by Gasteiger charge is 2.13. The van der Waals surface area contributed by atoms with Crippen molar-refractivity contribution in [2.75, 3.05) is 27.4 Å². The Labute approximate surface area is 117 Å². The summed E-state index contributed by atoms with van der Waals surface area (Å²) in [5.41, 5.74) is 3.50. The highest BCUT2D eigenvalue weighted by Crippen LogP contribution is 2.30. The number of hydrogen-bond donors (Lipinski definition) is 2. The highest BCUT2D eigenvalue weighted by atomic mass is 19.3. The molecule has 0 saturated heterocycles. The first-order valence-corrected chi connectivity index (χ1v) is 6.16. The topological polar surface area (TPSA) is 65.7 Å². The van der Waals surface area contributed by atoms with Crippen LogP contribution in [0.2, 0.25) is 0 Å². The Morgan fingerprint density at radius 2 is 1.90 bits per heavy atom. The van der Waals surface area contributed by atoms with Gasteiger partial charge in [-0.15, -0.1) is 0 Å². The number of halogens is 2. The Morgan fingerprint density at radius 1 is 1.20 bits per heavy atom. The van der Waals surface area contributed by atoms with E-state index in [9.17, 15) is 8.78 Å². The summed E-state index contributed by atoms with van der Waals surface area (Å²) in [4.78, 5) is 0. The van der Waals surface area contributed by atoms with Crippen LogP contribution in [0.5, 0.6) is 11.5 Å². The highest BCUT2D eigenvalue weighted by molar-refractivity contribution is 5.43. The lowest BCUT2D eigenvalue weighted by Gasteiger charge is -2.18. The van der Waals surface area contributed by atoms with Crippen molar-refractivity contribution < 1.29 is 23.0 Å². The summed E-state index contributed by atoms with van der Waals surface area (Å²) in [6.45, 7) is -0.378. The minimum absolute atomic E-state index is 0.188. The summed E-state index contributed by atoms with van der Waals surface area (Å²) < 4.78 is 39.1. The zero-order valence-electron chi connectivity index (χ0n) is 11.6. The molecule has 20 heavy (non-hydrogen) atoms. The Morgan fingerprint density at radius 3 is 2.45 bits per heavy atom. The van der Waals surface area contributed by atoms with Crippen LogP contribution in [0.4, 0.5) is 8.78 Å². The van der Waals surface area contributed by atoms with Gasteiger partial charge in [0, 0.05) is 12.6 Å². The van der Waals surface area contributed by atoms with Crippen LogP contribution in [0.15, 0.2) is 18.2 Å². The van der Waals surface area contributed by atoms with Gasteiger partial charge in [-0.3, -0.25) is 11.3 Å². The normalized spacial score (nSPS) is 12.5. The maximum atomic E-state index is 12.0. The maximum absolute atomic E-state index is 12.0. The summed E-state index contributed by atoms with van der Waals surface area (Å²) in [7, 11) is 3.09. The molecule has 1 atom stereocenters. The quantitative estimate of drug-likeness (QED) is 0.413. The van der Waals surface area contributed by atoms with Gasteiger partial charge in [0.1, 0.15) is 6.61 Å². The lowest BCUT2D eigenvalue weighted by Crippen LogP contribution is -2.29. The van der Waals surface area contributed by atoms with Crippen LogP contribution in [0.25, 0.3) is 0 Å². The third kappa shape index (κ3) is 4.92. The summed E-state index contributed by atoms with van der Waals surface area (Å²) in [6, 6.07) is 5.17. The average Bonchev–Trinajstić information content (AvgIpc) is 2.46. The van der Waals surface area contributed by atoms with E-state index in [4.69, 9.17) is 20.1 Å². The molecule has 0 aliphatic heterocycles. The molecule has 0 bridgehead atoms. The van der Waals surface area contributed by atoms with Gasteiger partial charge < -0.3 is 14.2 Å². The van der Waals surface area contributed by atoms with Crippen molar-refractivity contribution in [2.24, 2.45) is 5.84 Å². The third-order valence-electron chi connectivity index (χ3n) is 2.81. The molecule has 0 fully saturated rings. The molecular formula is C13H20F2N2O3. The van der Waals surface area contributed by atoms with Crippen LogP contribution in [-0.4, -0.2) is 33.9 Å². The van der Waals surface area contributed by atoms with Crippen molar-refractivity contribution in [3.63, 3.8) is 0 Å². The average molecular weight is 290 g/mol. The molecule has 0 radical (unpaired) electrons. The van der Waals surface area contributed by atoms with E-state index in [1.807, 2.05) is 6.07 Å². The molecule has 7 heteroatoms. The molecule has 1 unspecified atom stereocenters. The molecule has 1 rings (SSSR count). The summed E-state index contributed by atoms with van der Waals surface area (Å²) in [5.74, 6) is 6.68. The van der Waals surface area contributed by atoms with Gasteiger partial charge in [-0.2, -0.15) is 0 Å². The molecule has 0 aliphatic carbocycles. The van der Waals surface area contributed by atoms with E-state index in [0.29, 0.717) is 17.9 Å². The lowest BCUT2D eigenvalue weighted by atomic mass is 10.0. The van der Waals surface area contributed by atoms with Gasteiger partial charge in [0.15, 0.2) is 11.5 Å². The molecule has 3 N–H and O–H groups in total. The van der Waals surface area contributed by atoms with E-state index in [2.05, 4.69) is 5.43 Å². The fourth-order valence-electron chi connectivity index (χ4n) is 1.79. The first-order chi connectivity index (χ1) is 9.62. The van der Waals surface area contributed by atoms with Crippen molar-refractivity contribution in [2.45, 2.75) is 18.9 Å². The summed E-state index contributed by atoms with van der Waals surface area (Å²) in [5, 5.41) is 0. The van der Waals surface area contributed by atoms with Crippen LogP contribution >= 0.6 is 0 Å². The van der Waals surface area contributed by atoms with Crippen LogP contribution in [0.3, 0.4) is 0 Å². The lowest BCUT2D eigenvalue weighted by molar-refractivity contribution is 0.0143. The molecule has 1 aromatic rings. The summed E-state index contributed by atoms with van der Waals surface area (Å²) >= 11 is 0. The third-order valence-corrected chi connectivity index (χ3v) is 2.81. The number of methoxy groups -OCH3 is 2. The Hall–Kier alpha value is -1.44. The molecule has 0 saturated carbocycles. The second-order valence-electron chi connectivity index (χ2n) is 4.09. The van der Waals surface area contributed by atoms with Crippen molar-refractivity contribution in [1.82, 2.24) is 5.43 Å². The zero-order chi connectivity index (χ0) is 15.0. The molecule has 0 aliphatic rings. The van der Waals surface area contributed by atoms with Crippen LogP contribution in [-0.2, 0) is 4.74 Å². The molecule has 114 valence electrons. The molecule has 5 nitrogen and oxygen atoms in total. The van der Waals surface area contributed by atoms with Crippen LogP contribution in [0, 0.1) is 0 Å². The Kier molecular flexibility index (Phi) is 7.21. The van der Waals surface area contributed by atoms with E-state index >= 15 is 0 Å². The van der Waals surface area contributed by atoms with E-state index in [1.54, 1.807) is 19.2 Å². The van der Waals surface area contributed by atoms with Gasteiger partial charge >= 0.3 is 0 Å². The number of nitrogens with two attached hydrogens (primary N) is 1. The predicted octanol–water partition coefficient (Wildman–Crippen LogP) is 1.88. The molecule has 0 spiro atoms. The van der Waals surface area contributed by atoms with Gasteiger partial charge in [-0.25, -0.2) is 8.78 Å². The second kappa shape index (κ2) is 8.68. The van der Waals surface area contributed by atoms with Gasteiger partial charge in [0.2, 0.25) is 0 Å². The smallest absolute Gasteiger partial charge is 0.261 e.